The Morgan fingerprint density at radius 2 is 1.83 bits per heavy atom. The first kappa shape index (κ1) is 19.6. The van der Waals surface area contributed by atoms with Crippen LogP contribution in [0.15, 0.2) is 30.3 Å². The number of esters is 1. The number of rotatable bonds is 11. The fourth-order valence-electron chi connectivity index (χ4n) is 2.27. The van der Waals surface area contributed by atoms with Crippen LogP contribution in [0.5, 0.6) is 0 Å². The third-order valence-electron chi connectivity index (χ3n) is 3.45. The molecule has 0 aromatic heterocycles. The number of ether oxygens (including phenoxy) is 4. The number of aliphatic hydroxyl groups is 1. The molecule has 6 nitrogen and oxygen atoms in total. The molecule has 6 heteroatoms. The van der Waals surface area contributed by atoms with Crippen molar-refractivity contribution in [1.29, 1.82) is 0 Å². The number of carbonyl (C=O) groups excluding carboxylic acids is 1. The van der Waals surface area contributed by atoms with E-state index >= 15 is 0 Å². The van der Waals surface area contributed by atoms with Gasteiger partial charge < -0.3 is 24.1 Å². The molecule has 0 saturated heterocycles. The summed E-state index contributed by atoms with van der Waals surface area (Å²) >= 11 is 0. The molecule has 2 atom stereocenters. The Kier molecular flexibility index (Phi) is 9.47. The molecule has 23 heavy (non-hydrogen) atoms. The predicted octanol–water partition coefficient (Wildman–Crippen LogP) is 1.75. The zero-order chi connectivity index (χ0) is 17.1. The molecule has 1 N–H and O–H groups in total. The van der Waals surface area contributed by atoms with E-state index < -0.39 is 24.3 Å². The minimum atomic E-state index is -1.32. The van der Waals surface area contributed by atoms with E-state index in [1.165, 1.54) is 14.2 Å². The highest BCUT2D eigenvalue weighted by atomic mass is 16.7. The summed E-state index contributed by atoms with van der Waals surface area (Å²) in [4.78, 5) is 11.8. The maximum absolute atomic E-state index is 11.8. The lowest BCUT2D eigenvalue weighted by Crippen LogP contribution is -2.41. The van der Waals surface area contributed by atoms with Gasteiger partial charge in [-0.05, 0) is 18.9 Å². The molecule has 0 bridgehead atoms. The van der Waals surface area contributed by atoms with Crippen molar-refractivity contribution in [2.45, 2.75) is 32.3 Å². The lowest BCUT2D eigenvalue weighted by Gasteiger charge is -2.27. The van der Waals surface area contributed by atoms with Crippen LogP contribution in [0.1, 0.15) is 18.9 Å². The lowest BCUT2D eigenvalue weighted by atomic mass is 9.98. The van der Waals surface area contributed by atoms with Crippen LogP contribution in [-0.2, 0) is 30.3 Å². The van der Waals surface area contributed by atoms with Gasteiger partial charge in [0.2, 0.25) is 0 Å². The topological polar surface area (TPSA) is 74.2 Å². The molecule has 0 aliphatic carbocycles. The summed E-state index contributed by atoms with van der Waals surface area (Å²) < 4.78 is 20.8. The van der Waals surface area contributed by atoms with E-state index in [0.29, 0.717) is 19.6 Å². The third kappa shape index (κ3) is 6.66. The maximum atomic E-state index is 11.8. The van der Waals surface area contributed by atoms with Crippen LogP contribution < -0.4 is 0 Å². The number of methoxy groups -OCH3 is 2. The van der Waals surface area contributed by atoms with E-state index in [1.54, 1.807) is 6.92 Å². The van der Waals surface area contributed by atoms with Gasteiger partial charge >= 0.3 is 5.97 Å². The Hall–Kier alpha value is -1.47. The first-order valence-corrected chi connectivity index (χ1v) is 7.66. The second kappa shape index (κ2) is 11.1. The SMILES string of the molecule is CCOC(=O)C(O)C(CCOCc1ccccc1)C(OC)OC. The van der Waals surface area contributed by atoms with Crippen LogP contribution in [0.25, 0.3) is 0 Å². The van der Waals surface area contributed by atoms with Crippen LogP contribution in [0, 0.1) is 5.92 Å². The Bertz CT molecular complexity index is 432. The van der Waals surface area contributed by atoms with Crippen molar-refractivity contribution in [2.24, 2.45) is 5.92 Å². The summed E-state index contributed by atoms with van der Waals surface area (Å²) in [6.07, 6.45) is -1.63. The van der Waals surface area contributed by atoms with Crippen molar-refractivity contribution >= 4 is 5.97 Å². The minimum Gasteiger partial charge on any atom is -0.464 e. The summed E-state index contributed by atoms with van der Waals surface area (Å²) in [6.45, 7) is 2.72. The van der Waals surface area contributed by atoms with Gasteiger partial charge in [0.05, 0.1) is 13.2 Å². The van der Waals surface area contributed by atoms with Gasteiger partial charge in [0, 0.05) is 26.7 Å². The standard InChI is InChI=1S/C17H26O6/c1-4-23-16(19)15(18)14(17(20-2)21-3)10-11-22-12-13-8-6-5-7-9-13/h5-9,14-15,17-18H,4,10-12H2,1-3H3. The van der Waals surface area contributed by atoms with Gasteiger partial charge in [-0.1, -0.05) is 30.3 Å². The Balaban J connectivity index is 2.53. The fraction of sp³-hybridized carbons (Fsp3) is 0.588. The molecule has 2 unspecified atom stereocenters. The quantitative estimate of drug-likeness (QED) is 0.379. The Labute approximate surface area is 137 Å². The van der Waals surface area contributed by atoms with Gasteiger partial charge in [0.25, 0.3) is 0 Å². The third-order valence-corrected chi connectivity index (χ3v) is 3.45. The van der Waals surface area contributed by atoms with Crippen molar-refractivity contribution in [3.8, 4) is 0 Å². The van der Waals surface area contributed by atoms with Gasteiger partial charge in [-0.25, -0.2) is 4.79 Å². The monoisotopic (exact) mass is 326 g/mol. The molecular formula is C17H26O6. The van der Waals surface area contributed by atoms with Gasteiger partial charge in [0.15, 0.2) is 12.4 Å². The zero-order valence-electron chi connectivity index (χ0n) is 13.9. The summed E-state index contributed by atoms with van der Waals surface area (Å²) in [5, 5.41) is 10.2. The first-order valence-electron chi connectivity index (χ1n) is 7.66. The minimum absolute atomic E-state index is 0.206. The second-order valence-electron chi connectivity index (χ2n) is 5.03. The van der Waals surface area contributed by atoms with Gasteiger partial charge in [0.1, 0.15) is 0 Å². The molecule has 0 radical (unpaired) electrons. The fourth-order valence-corrected chi connectivity index (χ4v) is 2.27. The molecule has 0 fully saturated rings. The molecule has 0 aliphatic heterocycles. The first-order chi connectivity index (χ1) is 11.1. The van der Waals surface area contributed by atoms with E-state index in [2.05, 4.69) is 0 Å². The molecule has 1 aromatic carbocycles. The molecule has 0 spiro atoms. The molecule has 1 rings (SSSR count). The van der Waals surface area contributed by atoms with Crippen molar-refractivity contribution in [1.82, 2.24) is 0 Å². The smallest absolute Gasteiger partial charge is 0.335 e. The highest BCUT2D eigenvalue weighted by molar-refractivity contribution is 5.74. The van der Waals surface area contributed by atoms with E-state index in [1.807, 2.05) is 30.3 Å². The van der Waals surface area contributed by atoms with Gasteiger partial charge in [-0.15, -0.1) is 0 Å². The van der Waals surface area contributed by atoms with Crippen LogP contribution in [0.4, 0.5) is 0 Å². The van der Waals surface area contributed by atoms with E-state index in [-0.39, 0.29) is 6.61 Å². The van der Waals surface area contributed by atoms with Crippen molar-refractivity contribution in [3.05, 3.63) is 35.9 Å². The second-order valence-corrected chi connectivity index (χ2v) is 5.03. The van der Waals surface area contributed by atoms with Crippen molar-refractivity contribution in [3.63, 3.8) is 0 Å². The number of benzene rings is 1. The van der Waals surface area contributed by atoms with Crippen LogP contribution in [-0.4, -0.2) is 50.9 Å². The molecule has 130 valence electrons. The maximum Gasteiger partial charge on any atom is 0.335 e. The highest BCUT2D eigenvalue weighted by Gasteiger charge is 2.34. The van der Waals surface area contributed by atoms with E-state index in [9.17, 15) is 9.90 Å². The Morgan fingerprint density at radius 3 is 2.39 bits per heavy atom. The molecule has 0 heterocycles. The highest BCUT2D eigenvalue weighted by Crippen LogP contribution is 2.19. The normalized spacial score (nSPS) is 13.8. The summed E-state index contributed by atoms with van der Waals surface area (Å²) in [7, 11) is 2.92. The summed E-state index contributed by atoms with van der Waals surface area (Å²) in [5.41, 5.74) is 1.06. The number of carbonyl (C=O) groups is 1. The molecule has 0 aliphatic rings. The van der Waals surface area contributed by atoms with Gasteiger partial charge in [-0.3, -0.25) is 0 Å². The summed E-state index contributed by atoms with van der Waals surface area (Å²) in [5.74, 6) is -1.25. The average molecular weight is 326 g/mol. The van der Waals surface area contributed by atoms with Crippen molar-refractivity contribution < 1.29 is 28.8 Å². The number of aliphatic hydroxyl groups excluding tert-OH is 1. The largest absolute Gasteiger partial charge is 0.464 e. The molecule has 0 saturated carbocycles. The number of hydrogen-bond donors (Lipinski definition) is 1. The van der Waals surface area contributed by atoms with Gasteiger partial charge in [-0.2, -0.15) is 0 Å². The van der Waals surface area contributed by atoms with E-state index in [4.69, 9.17) is 18.9 Å². The number of hydrogen-bond acceptors (Lipinski definition) is 6. The molecular weight excluding hydrogens is 300 g/mol. The van der Waals surface area contributed by atoms with Crippen molar-refractivity contribution in [2.75, 3.05) is 27.4 Å². The predicted molar refractivity (Wildman–Crippen MR) is 84.7 cm³/mol. The molecule has 1 aromatic rings. The van der Waals surface area contributed by atoms with Crippen LogP contribution in [0.3, 0.4) is 0 Å². The zero-order valence-corrected chi connectivity index (χ0v) is 13.9. The van der Waals surface area contributed by atoms with E-state index in [0.717, 1.165) is 5.56 Å². The Morgan fingerprint density at radius 1 is 1.17 bits per heavy atom. The van der Waals surface area contributed by atoms with Crippen LogP contribution >= 0.6 is 0 Å². The molecule has 0 amide bonds. The average Bonchev–Trinajstić information content (AvgIpc) is 2.58. The lowest BCUT2D eigenvalue weighted by molar-refractivity contribution is -0.185. The summed E-state index contributed by atoms with van der Waals surface area (Å²) in [6, 6.07) is 9.77. The van der Waals surface area contributed by atoms with Crippen LogP contribution in [0.2, 0.25) is 0 Å².